The van der Waals surface area contributed by atoms with Crippen molar-refractivity contribution in [3.05, 3.63) is 70.2 Å². The Bertz CT molecular complexity index is 940. The number of fused-ring (bicyclic) bond motifs is 1. The van der Waals surface area contributed by atoms with Crippen molar-refractivity contribution in [2.75, 3.05) is 32.7 Å². The molecule has 2 aromatic rings. The molecule has 2 fully saturated rings. The van der Waals surface area contributed by atoms with Crippen LogP contribution in [0.5, 0.6) is 0 Å². The normalized spacial score (nSPS) is 25.4. The molecule has 170 valence electrons. The summed E-state index contributed by atoms with van der Waals surface area (Å²) in [7, 11) is 0. The van der Waals surface area contributed by atoms with Crippen molar-refractivity contribution in [2.24, 2.45) is 0 Å². The van der Waals surface area contributed by atoms with Gasteiger partial charge in [-0.1, -0.05) is 54.1 Å². The van der Waals surface area contributed by atoms with Crippen molar-refractivity contribution in [2.45, 2.75) is 57.2 Å². The zero-order chi connectivity index (χ0) is 21.9. The molecule has 0 saturated carbocycles. The molecule has 3 aliphatic rings. The van der Waals surface area contributed by atoms with Crippen LogP contribution < -0.4 is 0 Å². The summed E-state index contributed by atoms with van der Waals surface area (Å²) in [6.07, 6.45) is 6.39. The first-order chi connectivity index (χ1) is 15.7. The third-order valence-electron chi connectivity index (χ3n) is 7.80. The topological polar surface area (TPSA) is 26.8 Å². The van der Waals surface area contributed by atoms with Crippen LogP contribution >= 0.6 is 11.6 Å². The molecule has 4 nitrogen and oxygen atoms in total. The second kappa shape index (κ2) is 9.94. The maximum atomic E-state index is 12.8. The molecule has 0 unspecified atom stereocenters. The minimum absolute atomic E-state index is 0.270. The lowest BCUT2D eigenvalue weighted by Gasteiger charge is -2.43. The molecule has 0 bridgehead atoms. The van der Waals surface area contributed by atoms with E-state index >= 15 is 0 Å². The molecular formula is C27H34ClN3O. The molecule has 0 N–H and O–H groups in total. The second-order valence-electron chi connectivity index (χ2n) is 9.63. The first-order valence-corrected chi connectivity index (χ1v) is 12.6. The van der Waals surface area contributed by atoms with Gasteiger partial charge >= 0.3 is 0 Å². The van der Waals surface area contributed by atoms with Crippen molar-refractivity contribution in [1.82, 2.24) is 14.7 Å². The summed E-state index contributed by atoms with van der Waals surface area (Å²) in [5.74, 6) is 0.270. The van der Waals surface area contributed by atoms with Gasteiger partial charge in [0.1, 0.15) is 0 Å². The molecule has 2 aromatic carbocycles. The van der Waals surface area contributed by atoms with Gasteiger partial charge in [0, 0.05) is 62.8 Å². The van der Waals surface area contributed by atoms with E-state index in [0.29, 0.717) is 25.0 Å². The van der Waals surface area contributed by atoms with E-state index in [-0.39, 0.29) is 5.91 Å². The smallest absolute Gasteiger partial charge is 0.222 e. The Morgan fingerprint density at radius 3 is 2.19 bits per heavy atom. The van der Waals surface area contributed by atoms with Gasteiger partial charge in [-0.05, 0) is 54.9 Å². The lowest BCUT2D eigenvalue weighted by molar-refractivity contribution is -0.131. The van der Waals surface area contributed by atoms with Gasteiger partial charge in [0.25, 0.3) is 0 Å². The lowest BCUT2D eigenvalue weighted by Crippen LogP contribution is -2.54. The summed E-state index contributed by atoms with van der Waals surface area (Å²) in [5.41, 5.74) is 4.14. The fourth-order valence-corrected chi connectivity index (χ4v) is 6.04. The number of carbonyl (C=O) groups is 1. The third-order valence-corrected chi connectivity index (χ3v) is 8.17. The van der Waals surface area contributed by atoms with Crippen molar-refractivity contribution in [1.29, 1.82) is 0 Å². The maximum absolute atomic E-state index is 12.8. The minimum Gasteiger partial charge on any atom is -0.338 e. The van der Waals surface area contributed by atoms with Gasteiger partial charge in [-0.2, -0.15) is 0 Å². The van der Waals surface area contributed by atoms with Crippen molar-refractivity contribution < 1.29 is 4.79 Å². The molecule has 0 spiro atoms. The van der Waals surface area contributed by atoms with Gasteiger partial charge in [0.05, 0.1) is 0 Å². The fraction of sp³-hybridized carbons (Fsp3) is 0.519. The number of aryl methyl sites for hydroxylation is 1. The van der Waals surface area contributed by atoms with Crippen LogP contribution in [0.4, 0.5) is 0 Å². The molecule has 1 aliphatic carbocycles. The van der Waals surface area contributed by atoms with E-state index in [1.54, 1.807) is 11.1 Å². The molecule has 2 aliphatic heterocycles. The highest BCUT2D eigenvalue weighted by atomic mass is 35.5. The van der Waals surface area contributed by atoms with E-state index in [4.69, 9.17) is 11.6 Å². The monoisotopic (exact) mass is 451 g/mol. The predicted molar refractivity (Wildman–Crippen MR) is 130 cm³/mol. The van der Waals surface area contributed by atoms with E-state index in [0.717, 1.165) is 56.2 Å². The SMILES string of the molecule is O=C1CC[C@H](N2CCN([C@H]3CCc4ccccc4C3)CC2)CCN1Cc1ccccc1Cl. The highest BCUT2D eigenvalue weighted by molar-refractivity contribution is 6.31. The number of rotatable bonds is 4. The highest BCUT2D eigenvalue weighted by Gasteiger charge is 2.31. The fourth-order valence-electron chi connectivity index (χ4n) is 5.84. The Hall–Kier alpha value is -1.88. The van der Waals surface area contributed by atoms with Crippen molar-refractivity contribution >= 4 is 17.5 Å². The third kappa shape index (κ3) is 4.88. The largest absolute Gasteiger partial charge is 0.338 e. The van der Waals surface area contributed by atoms with Crippen LogP contribution in [-0.2, 0) is 24.2 Å². The zero-order valence-corrected chi connectivity index (χ0v) is 19.6. The van der Waals surface area contributed by atoms with Crippen LogP contribution in [-0.4, -0.2) is 65.4 Å². The van der Waals surface area contributed by atoms with Crippen LogP contribution in [0.15, 0.2) is 48.5 Å². The number of carbonyl (C=O) groups excluding carboxylic acids is 1. The van der Waals surface area contributed by atoms with E-state index < -0.39 is 0 Å². The van der Waals surface area contributed by atoms with Crippen LogP contribution in [0.3, 0.4) is 0 Å². The standard InChI is InChI=1S/C27H34ClN3O/c28-26-8-4-3-7-23(26)20-31-14-13-24(11-12-27(31)32)29-15-17-30(18-16-29)25-10-9-21-5-1-2-6-22(21)19-25/h1-8,24-25H,9-20H2/t24-,25-/m0/s1. The highest BCUT2D eigenvalue weighted by Crippen LogP contribution is 2.27. The molecule has 2 atom stereocenters. The summed E-state index contributed by atoms with van der Waals surface area (Å²) in [4.78, 5) is 20.2. The van der Waals surface area contributed by atoms with Crippen molar-refractivity contribution in [3.8, 4) is 0 Å². The average Bonchev–Trinajstić information content (AvgIpc) is 3.02. The number of likely N-dealkylation sites (tertiary alicyclic amines) is 1. The maximum Gasteiger partial charge on any atom is 0.222 e. The van der Waals surface area contributed by atoms with Gasteiger partial charge in [0.15, 0.2) is 0 Å². The van der Waals surface area contributed by atoms with Gasteiger partial charge in [0.2, 0.25) is 5.91 Å². The predicted octanol–water partition coefficient (Wildman–Crippen LogP) is 4.40. The Labute approximate surface area is 197 Å². The minimum atomic E-state index is 0.270. The summed E-state index contributed by atoms with van der Waals surface area (Å²) < 4.78 is 0. The molecule has 2 heterocycles. The molecule has 2 saturated heterocycles. The molecule has 1 amide bonds. The molecular weight excluding hydrogens is 418 g/mol. The molecule has 0 aromatic heterocycles. The van der Waals surface area contributed by atoms with Crippen LogP contribution in [0, 0.1) is 0 Å². The van der Waals surface area contributed by atoms with E-state index in [1.165, 1.54) is 19.3 Å². The number of piperazine rings is 1. The quantitative estimate of drug-likeness (QED) is 0.689. The van der Waals surface area contributed by atoms with Gasteiger partial charge in [-0.25, -0.2) is 0 Å². The first-order valence-electron chi connectivity index (χ1n) is 12.2. The number of amides is 1. The van der Waals surface area contributed by atoms with Gasteiger partial charge in [-0.15, -0.1) is 0 Å². The van der Waals surface area contributed by atoms with Gasteiger partial charge in [-0.3, -0.25) is 14.6 Å². The average molecular weight is 452 g/mol. The lowest BCUT2D eigenvalue weighted by atomic mass is 9.87. The Morgan fingerprint density at radius 2 is 1.41 bits per heavy atom. The van der Waals surface area contributed by atoms with Crippen LogP contribution in [0.25, 0.3) is 0 Å². The number of hydrogen-bond acceptors (Lipinski definition) is 3. The zero-order valence-electron chi connectivity index (χ0n) is 18.9. The molecule has 32 heavy (non-hydrogen) atoms. The molecule has 5 heteroatoms. The summed E-state index contributed by atoms with van der Waals surface area (Å²) in [5, 5.41) is 0.752. The van der Waals surface area contributed by atoms with E-state index in [2.05, 4.69) is 34.1 Å². The van der Waals surface area contributed by atoms with Crippen LogP contribution in [0.2, 0.25) is 5.02 Å². The number of hydrogen-bond donors (Lipinski definition) is 0. The summed E-state index contributed by atoms with van der Waals surface area (Å²) in [6.45, 7) is 6.01. The number of nitrogens with zero attached hydrogens (tertiary/aromatic N) is 3. The summed E-state index contributed by atoms with van der Waals surface area (Å²) >= 11 is 6.34. The molecule has 0 radical (unpaired) electrons. The second-order valence-corrected chi connectivity index (χ2v) is 10.0. The Morgan fingerprint density at radius 1 is 0.750 bits per heavy atom. The van der Waals surface area contributed by atoms with Gasteiger partial charge < -0.3 is 4.90 Å². The van der Waals surface area contributed by atoms with Crippen molar-refractivity contribution in [3.63, 3.8) is 0 Å². The van der Waals surface area contributed by atoms with E-state index in [1.807, 2.05) is 29.2 Å². The number of halogens is 1. The molecule has 5 rings (SSSR count). The summed E-state index contributed by atoms with van der Waals surface area (Å²) in [6, 6.07) is 18.0. The number of benzene rings is 2. The van der Waals surface area contributed by atoms with Crippen LogP contribution in [0.1, 0.15) is 42.4 Å². The van der Waals surface area contributed by atoms with E-state index in [9.17, 15) is 4.79 Å². The Balaban J connectivity index is 1.14. The Kier molecular flexibility index (Phi) is 6.82. The first kappa shape index (κ1) is 21.9.